The van der Waals surface area contributed by atoms with Gasteiger partial charge in [0.05, 0.1) is 0 Å². The molecule has 2 aromatic carbocycles. The van der Waals surface area contributed by atoms with Gasteiger partial charge in [-0.2, -0.15) is 0 Å². The molecule has 19 heavy (non-hydrogen) atoms. The molecule has 0 unspecified atom stereocenters. The van der Waals surface area contributed by atoms with Gasteiger partial charge < -0.3 is 0 Å². The average molecular weight is 476 g/mol. The van der Waals surface area contributed by atoms with Gasteiger partial charge >= 0.3 is 0 Å². The van der Waals surface area contributed by atoms with Crippen LogP contribution in [0.15, 0.2) is 18.2 Å². The molecule has 0 aliphatic rings. The highest BCUT2D eigenvalue weighted by Gasteiger charge is 2.11. The zero-order valence-electron chi connectivity index (χ0n) is 12.0. The number of aryl methyl sites for hydroxylation is 3. The van der Waals surface area contributed by atoms with Crippen LogP contribution in [0.25, 0.3) is 11.1 Å². The Morgan fingerprint density at radius 2 is 1.11 bits per heavy atom. The highest BCUT2D eigenvalue weighted by Crippen LogP contribution is 2.33. The van der Waals surface area contributed by atoms with Gasteiger partial charge in [-0.1, -0.05) is 18.2 Å². The van der Waals surface area contributed by atoms with Crippen molar-refractivity contribution in [3.63, 3.8) is 0 Å². The van der Waals surface area contributed by atoms with E-state index in [0.717, 1.165) is 0 Å². The monoisotopic (exact) mass is 476 g/mol. The Labute approximate surface area is 143 Å². The summed E-state index contributed by atoms with van der Waals surface area (Å²) >= 11 is 4.88. The van der Waals surface area contributed by atoms with Crippen LogP contribution in [0.1, 0.15) is 27.8 Å². The van der Waals surface area contributed by atoms with Crippen LogP contribution in [-0.2, 0) is 0 Å². The lowest BCUT2D eigenvalue weighted by Crippen LogP contribution is -1.96. The van der Waals surface area contributed by atoms with Crippen molar-refractivity contribution in [1.82, 2.24) is 0 Å². The molecule has 2 aromatic rings. The van der Waals surface area contributed by atoms with E-state index in [4.69, 9.17) is 0 Å². The van der Waals surface area contributed by atoms with Gasteiger partial charge in [-0.15, -0.1) is 0 Å². The summed E-state index contributed by atoms with van der Waals surface area (Å²) in [4.78, 5) is 0. The molecule has 0 heterocycles. The maximum atomic E-state index is 2.45. The van der Waals surface area contributed by atoms with Crippen molar-refractivity contribution in [2.45, 2.75) is 34.6 Å². The largest absolute Gasteiger partial charge is 0.0504 e. The second-order valence-corrected chi connectivity index (χ2v) is 7.39. The van der Waals surface area contributed by atoms with Gasteiger partial charge in [0.15, 0.2) is 0 Å². The third-order valence-corrected chi connectivity index (χ3v) is 7.11. The van der Waals surface area contributed by atoms with Crippen molar-refractivity contribution in [1.29, 1.82) is 0 Å². The molecule has 0 spiro atoms. The fourth-order valence-corrected chi connectivity index (χ4v) is 3.32. The summed E-state index contributed by atoms with van der Waals surface area (Å²) in [7, 11) is 0. The Balaban J connectivity index is 2.73. The van der Waals surface area contributed by atoms with Crippen LogP contribution in [0.2, 0.25) is 0 Å². The van der Waals surface area contributed by atoms with Gasteiger partial charge in [0, 0.05) is 7.14 Å². The van der Waals surface area contributed by atoms with Crippen LogP contribution in [0.3, 0.4) is 0 Å². The van der Waals surface area contributed by atoms with Gasteiger partial charge in [-0.05, 0) is 119 Å². The maximum absolute atomic E-state index is 2.45. The Morgan fingerprint density at radius 1 is 0.632 bits per heavy atom. The van der Waals surface area contributed by atoms with Crippen LogP contribution in [0.5, 0.6) is 0 Å². The quantitative estimate of drug-likeness (QED) is 0.437. The van der Waals surface area contributed by atoms with Gasteiger partial charge in [0.25, 0.3) is 0 Å². The Bertz CT molecular complexity index is 632. The fourth-order valence-electron chi connectivity index (χ4n) is 2.45. The first-order valence-corrected chi connectivity index (χ1v) is 8.52. The average Bonchev–Trinajstić information content (AvgIpc) is 2.37. The summed E-state index contributed by atoms with van der Waals surface area (Å²) in [5.74, 6) is 0. The fraction of sp³-hybridized carbons (Fsp3) is 0.294. The van der Waals surface area contributed by atoms with E-state index in [2.05, 4.69) is 98.0 Å². The van der Waals surface area contributed by atoms with E-state index in [0.29, 0.717) is 0 Å². The minimum absolute atomic E-state index is 1.34. The first kappa shape index (κ1) is 15.3. The zero-order valence-corrected chi connectivity index (χ0v) is 16.3. The number of halogens is 2. The molecule has 0 atom stereocenters. The lowest BCUT2D eigenvalue weighted by atomic mass is 9.93. The van der Waals surface area contributed by atoms with Crippen molar-refractivity contribution in [3.05, 3.63) is 53.2 Å². The smallest absolute Gasteiger partial charge is 0.0191 e. The lowest BCUT2D eigenvalue weighted by molar-refractivity contribution is 1.26. The van der Waals surface area contributed by atoms with Gasteiger partial charge in [-0.3, -0.25) is 0 Å². The summed E-state index contributed by atoms with van der Waals surface area (Å²) in [6.45, 7) is 11.0. The minimum atomic E-state index is 1.34. The summed E-state index contributed by atoms with van der Waals surface area (Å²) < 4.78 is 2.76. The second kappa shape index (κ2) is 5.72. The Hall–Kier alpha value is -0.100. The van der Waals surface area contributed by atoms with E-state index in [9.17, 15) is 0 Å². The maximum Gasteiger partial charge on any atom is 0.0191 e. The summed E-state index contributed by atoms with van der Waals surface area (Å²) in [5, 5.41) is 0. The van der Waals surface area contributed by atoms with E-state index in [1.165, 1.54) is 46.1 Å². The molecule has 2 rings (SSSR count). The zero-order chi connectivity index (χ0) is 14.3. The van der Waals surface area contributed by atoms with Crippen LogP contribution in [0.4, 0.5) is 0 Å². The van der Waals surface area contributed by atoms with E-state index in [1.807, 2.05) is 0 Å². The molecule has 0 aliphatic carbocycles. The van der Waals surface area contributed by atoms with Crippen molar-refractivity contribution in [2.24, 2.45) is 0 Å². The molecule has 0 aromatic heterocycles. The van der Waals surface area contributed by atoms with Crippen molar-refractivity contribution in [2.75, 3.05) is 0 Å². The van der Waals surface area contributed by atoms with E-state index in [-0.39, 0.29) is 0 Å². The third-order valence-electron chi connectivity index (χ3n) is 3.75. The SMILES string of the molecule is Cc1cc(-c2cc(C)c(I)c(C)c2C)cc(C)c1I. The molecule has 2 heteroatoms. The highest BCUT2D eigenvalue weighted by atomic mass is 127. The molecule has 0 N–H and O–H groups in total. The van der Waals surface area contributed by atoms with Gasteiger partial charge in [0.1, 0.15) is 0 Å². The number of hydrogen-bond acceptors (Lipinski definition) is 0. The van der Waals surface area contributed by atoms with E-state index in [1.54, 1.807) is 0 Å². The first-order valence-electron chi connectivity index (χ1n) is 6.36. The Kier molecular flexibility index (Phi) is 4.60. The molecule has 0 aliphatic heterocycles. The van der Waals surface area contributed by atoms with Gasteiger partial charge in [-0.25, -0.2) is 0 Å². The molecular weight excluding hydrogens is 458 g/mol. The normalized spacial score (nSPS) is 10.9. The molecule has 0 bridgehead atoms. The van der Waals surface area contributed by atoms with Crippen molar-refractivity contribution < 1.29 is 0 Å². The number of hydrogen-bond donors (Lipinski definition) is 0. The molecule has 100 valence electrons. The van der Waals surface area contributed by atoms with Crippen molar-refractivity contribution in [3.8, 4) is 11.1 Å². The second-order valence-electron chi connectivity index (χ2n) is 5.23. The molecular formula is C17H18I2. The standard InChI is InChI=1S/C17H18I2/c1-9-6-14(7-10(2)16(9)18)15-8-11(3)17(19)13(5)12(15)4/h6-8H,1-5H3. The molecule has 0 saturated heterocycles. The van der Waals surface area contributed by atoms with Crippen LogP contribution in [-0.4, -0.2) is 0 Å². The lowest BCUT2D eigenvalue weighted by Gasteiger charge is -2.15. The predicted molar refractivity (Wildman–Crippen MR) is 101 cm³/mol. The van der Waals surface area contributed by atoms with Crippen LogP contribution in [0, 0.1) is 41.8 Å². The summed E-state index contributed by atoms with van der Waals surface area (Å²) in [6, 6.07) is 6.94. The van der Waals surface area contributed by atoms with E-state index >= 15 is 0 Å². The van der Waals surface area contributed by atoms with Crippen LogP contribution < -0.4 is 0 Å². The topological polar surface area (TPSA) is 0 Å². The minimum Gasteiger partial charge on any atom is -0.0504 e. The first-order chi connectivity index (χ1) is 8.82. The third kappa shape index (κ3) is 2.84. The summed E-state index contributed by atoms with van der Waals surface area (Å²) in [5.41, 5.74) is 9.62. The molecule has 0 saturated carbocycles. The molecule has 0 radical (unpaired) electrons. The highest BCUT2D eigenvalue weighted by molar-refractivity contribution is 14.1. The van der Waals surface area contributed by atoms with Crippen LogP contribution >= 0.6 is 45.2 Å². The van der Waals surface area contributed by atoms with Crippen molar-refractivity contribution >= 4 is 45.2 Å². The summed E-state index contributed by atoms with van der Waals surface area (Å²) in [6.07, 6.45) is 0. The number of benzene rings is 2. The number of rotatable bonds is 1. The molecule has 0 amide bonds. The van der Waals surface area contributed by atoms with E-state index < -0.39 is 0 Å². The van der Waals surface area contributed by atoms with Gasteiger partial charge in [0.2, 0.25) is 0 Å². The Morgan fingerprint density at radius 3 is 1.63 bits per heavy atom. The molecule has 0 fully saturated rings. The predicted octanol–water partition coefficient (Wildman–Crippen LogP) is 6.10. The molecule has 0 nitrogen and oxygen atoms in total.